The van der Waals surface area contributed by atoms with Crippen LogP contribution in [-0.4, -0.2) is 84.0 Å². The molecule has 5 atom stereocenters. The molecule has 0 bridgehead atoms. The number of ether oxygens (including phenoxy) is 1. The highest BCUT2D eigenvalue weighted by molar-refractivity contribution is 6.31. The first-order valence-corrected chi connectivity index (χ1v) is 13.9. The Labute approximate surface area is 243 Å². The van der Waals surface area contributed by atoms with Crippen molar-refractivity contribution in [3.63, 3.8) is 0 Å². The molecule has 42 heavy (non-hydrogen) atoms. The van der Waals surface area contributed by atoms with Crippen LogP contribution in [-0.2, 0) is 32.1 Å². The summed E-state index contributed by atoms with van der Waals surface area (Å²) in [6, 6.07) is 8.82. The molecule has 11 heteroatoms. The lowest BCUT2D eigenvalue weighted by Gasteiger charge is -2.48. The number of nitrogens with two attached hydrogens (primary N) is 1. The molecule has 0 heterocycles. The minimum atomic E-state index is -2.67. The van der Waals surface area contributed by atoms with Gasteiger partial charge in [-0.25, -0.2) is 0 Å². The maximum Gasteiger partial charge on any atom is 0.235 e. The smallest absolute Gasteiger partial charge is 0.235 e. The van der Waals surface area contributed by atoms with Gasteiger partial charge in [0.2, 0.25) is 5.91 Å². The molecule has 5 rings (SSSR count). The number of rotatable bonds is 8. The van der Waals surface area contributed by atoms with Gasteiger partial charge in [-0.2, -0.15) is 0 Å². The van der Waals surface area contributed by atoms with Crippen LogP contribution in [0.4, 0.5) is 0 Å². The van der Waals surface area contributed by atoms with E-state index < -0.39 is 58.3 Å². The van der Waals surface area contributed by atoms with Crippen LogP contribution in [0.25, 0.3) is 11.1 Å². The van der Waals surface area contributed by atoms with E-state index in [0.29, 0.717) is 29.0 Å². The summed E-state index contributed by atoms with van der Waals surface area (Å²) < 4.78 is 5.65. The molecule has 2 aromatic rings. The fourth-order valence-electron chi connectivity index (χ4n) is 6.83. The Morgan fingerprint density at radius 1 is 1.10 bits per heavy atom. The van der Waals surface area contributed by atoms with E-state index in [-0.39, 0.29) is 30.6 Å². The number of fused-ring (bicyclic) bond motifs is 3. The molecule has 3 aliphatic carbocycles. The van der Waals surface area contributed by atoms with E-state index >= 15 is 0 Å². The zero-order chi connectivity index (χ0) is 30.5. The Hall–Kier alpha value is -3.93. The number of hydrogen-bond acceptors (Lipinski definition) is 10. The molecule has 3 aliphatic rings. The molecule has 0 aromatic heterocycles. The second-order valence-electron chi connectivity index (χ2n) is 11.7. The predicted octanol–water partition coefficient (Wildman–Crippen LogP) is 0.654. The van der Waals surface area contributed by atoms with Crippen LogP contribution in [0.5, 0.6) is 11.5 Å². The number of ketones is 4. The number of Topliss-reactive ketones (excluding diaryl/α,β-unsaturated/α-hetero) is 4. The number of primary amides is 1. The first-order chi connectivity index (χ1) is 19.9. The molecule has 2 unspecified atom stereocenters. The first kappa shape index (κ1) is 29.6. The molecular formula is C31H35N3O8. The Bertz CT molecular complexity index is 1500. The molecule has 2 aromatic carbocycles. The number of methoxy groups -OCH3 is 1. The van der Waals surface area contributed by atoms with E-state index in [1.165, 1.54) is 6.07 Å². The maximum atomic E-state index is 13.9. The minimum Gasteiger partial charge on any atom is -0.507 e. The van der Waals surface area contributed by atoms with Crippen molar-refractivity contribution in [3.8, 4) is 22.6 Å². The highest BCUT2D eigenvalue weighted by Gasteiger charge is 2.66. The van der Waals surface area contributed by atoms with Crippen LogP contribution in [0.2, 0.25) is 0 Å². The number of carbonyl (C=O) groups is 5. The number of aromatic hydroxyl groups is 1. The monoisotopic (exact) mass is 577 g/mol. The van der Waals surface area contributed by atoms with Gasteiger partial charge in [-0.1, -0.05) is 12.1 Å². The summed E-state index contributed by atoms with van der Waals surface area (Å²) in [5.74, 6) is -9.82. The van der Waals surface area contributed by atoms with Crippen LogP contribution in [0.3, 0.4) is 0 Å². The number of hydrogen-bond donors (Lipinski definition) is 4. The topological polar surface area (TPSA) is 176 Å². The Kier molecular flexibility index (Phi) is 7.78. The SMILES string of the molecule is COc1ccc(CNCCN(C)C)cc1-c1ccc(O)c2c1C[C@H]1C[C@H]3CC(=O)C(C(N)=O)C(=O)[C@@]3(O)C(=O)C1C2=O. The Morgan fingerprint density at radius 2 is 1.83 bits per heavy atom. The first-order valence-electron chi connectivity index (χ1n) is 13.9. The second-order valence-corrected chi connectivity index (χ2v) is 11.7. The number of phenolic OH excluding ortho intramolecular Hbond substituents is 1. The Balaban J connectivity index is 1.54. The summed E-state index contributed by atoms with van der Waals surface area (Å²) in [4.78, 5) is 67.3. The van der Waals surface area contributed by atoms with Crippen molar-refractivity contribution >= 4 is 29.0 Å². The summed E-state index contributed by atoms with van der Waals surface area (Å²) in [7, 11) is 5.53. The number of phenols is 1. The fraction of sp³-hybridized carbons (Fsp3) is 0.452. The van der Waals surface area contributed by atoms with Crippen molar-refractivity contribution in [3.05, 3.63) is 47.0 Å². The molecule has 222 valence electrons. The molecule has 0 radical (unpaired) electrons. The number of aliphatic hydroxyl groups is 1. The highest BCUT2D eigenvalue weighted by atomic mass is 16.5. The van der Waals surface area contributed by atoms with Gasteiger partial charge in [0.05, 0.1) is 18.6 Å². The predicted molar refractivity (Wildman–Crippen MR) is 151 cm³/mol. The number of benzene rings is 2. The number of carbonyl (C=O) groups excluding carboxylic acids is 5. The molecule has 1 amide bonds. The summed E-state index contributed by atoms with van der Waals surface area (Å²) in [5.41, 5.74) is 5.39. The third-order valence-corrected chi connectivity index (χ3v) is 8.90. The average molecular weight is 578 g/mol. The van der Waals surface area contributed by atoms with Gasteiger partial charge in [-0.05, 0) is 67.7 Å². The molecule has 11 nitrogen and oxygen atoms in total. The van der Waals surface area contributed by atoms with Crippen LogP contribution in [0, 0.1) is 23.7 Å². The fourth-order valence-corrected chi connectivity index (χ4v) is 6.83. The molecule has 0 spiro atoms. The standard InChI is InChI=1S/C31H35N3O8/c1-34(2)9-8-33-14-15-4-7-23(42-3)19(10-15)18-5-6-21(35)25-20(18)12-16-11-17-13-22(36)26(30(32)40)29(39)31(17,41)28(38)24(16)27(25)37/h4-7,10,16-17,24,26,33,35,41H,8-9,11-14H2,1-3H3,(H2,32,40)/t16-,17+,24?,26?,31+/m1/s1. The zero-order valence-electron chi connectivity index (χ0n) is 23.8. The number of nitrogens with zero attached hydrogens (tertiary/aromatic N) is 1. The minimum absolute atomic E-state index is 0.0309. The lowest BCUT2D eigenvalue weighted by atomic mass is 9.53. The van der Waals surface area contributed by atoms with Crippen LogP contribution < -0.4 is 15.8 Å². The summed E-state index contributed by atoms with van der Waals surface area (Å²) in [6.07, 6.45) is -0.164. The summed E-state index contributed by atoms with van der Waals surface area (Å²) in [5, 5.41) is 25.6. The van der Waals surface area contributed by atoms with E-state index in [4.69, 9.17) is 10.5 Å². The van der Waals surface area contributed by atoms with Gasteiger partial charge in [-0.3, -0.25) is 24.0 Å². The van der Waals surface area contributed by atoms with E-state index in [9.17, 15) is 34.2 Å². The quantitative estimate of drug-likeness (QED) is 0.257. The van der Waals surface area contributed by atoms with Crippen molar-refractivity contribution in [2.45, 2.75) is 31.4 Å². The third-order valence-electron chi connectivity index (χ3n) is 8.90. The lowest BCUT2D eigenvalue weighted by Crippen LogP contribution is -2.68. The van der Waals surface area contributed by atoms with Gasteiger partial charge in [0.1, 0.15) is 11.5 Å². The van der Waals surface area contributed by atoms with Crippen molar-refractivity contribution in [1.29, 1.82) is 0 Å². The number of nitrogens with one attached hydrogen (secondary N) is 1. The largest absolute Gasteiger partial charge is 0.507 e. The van der Waals surface area contributed by atoms with Crippen LogP contribution >= 0.6 is 0 Å². The zero-order valence-corrected chi connectivity index (χ0v) is 23.8. The highest BCUT2D eigenvalue weighted by Crippen LogP contribution is 2.51. The number of likely N-dealkylation sites (N-methyl/N-ethyl adjacent to an activating group) is 1. The average Bonchev–Trinajstić information content (AvgIpc) is 2.93. The van der Waals surface area contributed by atoms with E-state index in [0.717, 1.165) is 18.7 Å². The molecule has 0 aliphatic heterocycles. The van der Waals surface area contributed by atoms with Crippen molar-refractivity contribution in [1.82, 2.24) is 10.2 Å². The Morgan fingerprint density at radius 3 is 2.50 bits per heavy atom. The molecule has 2 saturated carbocycles. The van der Waals surface area contributed by atoms with Gasteiger partial charge in [0.15, 0.2) is 34.7 Å². The normalized spacial score (nSPS) is 27.0. The molecule has 5 N–H and O–H groups in total. The van der Waals surface area contributed by atoms with Crippen LogP contribution in [0.1, 0.15) is 34.3 Å². The van der Waals surface area contributed by atoms with Gasteiger partial charge in [-0.15, -0.1) is 0 Å². The third kappa shape index (κ3) is 4.71. The van der Waals surface area contributed by atoms with E-state index in [2.05, 4.69) is 10.2 Å². The summed E-state index contributed by atoms with van der Waals surface area (Å²) >= 11 is 0. The number of amides is 1. The van der Waals surface area contributed by atoms with Crippen molar-refractivity contribution < 1.29 is 38.9 Å². The van der Waals surface area contributed by atoms with Gasteiger partial charge >= 0.3 is 0 Å². The van der Waals surface area contributed by atoms with Crippen LogP contribution in [0.15, 0.2) is 30.3 Å². The molecular weight excluding hydrogens is 542 g/mol. The van der Waals surface area contributed by atoms with Crippen molar-refractivity contribution in [2.75, 3.05) is 34.3 Å². The molecule has 2 fully saturated rings. The van der Waals surface area contributed by atoms with E-state index in [1.54, 1.807) is 13.2 Å². The maximum absolute atomic E-state index is 13.9. The van der Waals surface area contributed by atoms with Gasteiger partial charge in [0, 0.05) is 37.5 Å². The van der Waals surface area contributed by atoms with Crippen molar-refractivity contribution in [2.24, 2.45) is 29.4 Å². The summed E-state index contributed by atoms with van der Waals surface area (Å²) in [6.45, 7) is 2.25. The van der Waals surface area contributed by atoms with Gasteiger partial charge < -0.3 is 30.9 Å². The lowest BCUT2D eigenvalue weighted by molar-refractivity contribution is -0.175. The second kappa shape index (κ2) is 11.0. The molecule has 0 saturated heterocycles. The van der Waals surface area contributed by atoms with Gasteiger partial charge in [0.25, 0.3) is 0 Å². The van der Waals surface area contributed by atoms with E-state index in [1.807, 2.05) is 32.3 Å².